The molecule has 0 fully saturated rings. The standard InChI is InChI=1S/C15H10ClFO/c1-3-10-4-6-12(18-2)9-13(10)14-8-11(17)5-7-15(14)16/h1,4-9H,2H3. The predicted molar refractivity (Wildman–Crippen MR) is 71.3 cm³/mol. The van der Waals surface area contributed by atoms with Gasteiger partial charge in [-0.3, -0.25) is 0 Å². The molecule has 0 aliphatic carbocycles. The highest BCUT2D eigenvalue weighted by molar-refractivity contribution is 6.33. The highest BCUT2D eigenvalue weighted by Crippen LogP contribution is 2.33. The Balaban J connectivity index is 2.69. The fourth-order valence-corrected chi connectivity index (χ4v) is 1.92. The van der Waals surface area contributed by atoms with Gasteiger partial charge in [-0.15, -0.1) is 6.42 Å². The molecule has 0 aliphatic heterocycles. The van der Waals surface area contributed by atoms with Gasteiger partial charge in [-0.1, -0.05) is 17.5 Å². The highest BCUT2D eigenvalue weighted by atomic mass is 35.5. The Hall–Kier alpha value is -1.98. The summed E-state index contributed by atoms with van der Waals surface area (Å²) in [6, 6.07) is 9.42. The number of methoxy groups -OCH3 is 1. The molecule has 0 saturated carbocycles. The lowest BCUT2D eigenvalue weighted by atomic mass is 9.99. The van der Waals surface area contributed by atoms with E-state index >= 15 is 0 Å². The van der Waals surface area contributed by atoms with Gasteiger partial charge in [0.25, 0.3) is 0 Å². The van der Waals surface area contributed by atoms with Gasteiger partial charge in [0.05, 0.1) is 7.11 Å². The van der Waals surface area contributed by atoms with Gasteiger partial charge in [0.15, 0.2) is 0 Å². The molecule has 0 N–H and O–H groups in total. The van der Waals surface area contributed by atoms with Crippen molar-refractivity contribution >= 4 is 11.6 Å². The van der Waals surface area contributed by atoms with E-state index in [2.05, 4.69) is 5.92 Å². The van der Waals surface area contributed by atoms with Crippen molar-refractivity contribution in [3.63, 3.8) is 0 Å². The molecule has 0 unspecified atom stereocenters. The molecule has 0 radical (unpaired) electrons. The maximum absolute atomic E-state index is 13.3. The lowest BCUT2D eigenvalue weighted by Crippen LogP contribution is -1.90. The molecule has 90 valence electrons. The van der Waals surface area contributed by atoms with Crippen molar-refractivity contribution < 1.29 is 9.13 Å². The molecular formula is C15H10ClFO. The Kier molecular flexibility index (Phi) is 3.55. The SMILES string of the molecule is C#Cc1ccc(OC)cc1-c1cc(F)ccc1Cl. The van der Waals surface area contributed by atoms with Crippen molar-refractivity contribution in [1.82, 2.24) is 0 Å². The maximum atomic E-state index is 13.3. The minimum atomic E-state index is -0.361. The van der Waals surface area contributed by atoms with Gasteiger partial charge in [-0.25, -0.2) is 4.39 Å². The fraction of sp³-hybridized carbons (Fsp3) is 0.0667. The quantitative estimate of drug-likeness (QED) is 0.738. The fourth-order valence-electron chi connectivity index (χ4n) is 1.70. The number of benzene rings is 2. The first-order chi connectivity index (χ1) is 8.65. The lowest BCUT2D eigenvalue weighted by Gasteiger charge is -2.09. The van der Waals surface area contributed by atoms with Crippen LogP contribution in [0.3, 0.4) is 0 Å². The summed E-state index contributed by atoms with van der Waals surface area (Å²) in [6.07, 6.45) is 5.44. The van der Waals surface area contributed by atoms with Gasteiger partial charge in [0.2, 0.25) is 0 Å². The lowest BCUT2D eigenvalue weighted by molar-refractivity contribution is 0.415. The van der Waals surface area contributed by atoms with E-state index in [1.165, 1.54) is 18.2 Å². The zero-order valence-electron chi connectivity index (χ0n) is 9.71. The molecule has 18 heavy (non-hydrogen) atoms. The van der Waals surface area contributed by atoms with Crippen LogP contribution in [-0.2, 0) is 0 Å². The first kappa shape index (κ1) is 12.5. The number of terminal acetylenes is 1. The summed E-state index contributed by atoms with van der Waals surface area (Å²) in [5.74, 6) is 2.84. The van der Waals surface area contributed by atoms with Crippen LogP contribution in [0.5, 0.6) is 5.75 Å². The summed E-state index contributed by atoms with van der Waals surface area (Å²) in [5, 5.41) is 0.446. The van der Waals surface area contributed by atoms with Crippen LogP contribution in [0.4, 0.5) is 4.39 Å². The molecule has 3 heteroatoms. The average molecular weight is 261 g/mol. The van der Waals surface area contributed by atoms with E-state index in [4.69, 9.17) is 22.8 Å². The van der Waals surface area contributed by atoms with Crippen LogP contribution in [0.2, 0.25) is 5.02 Å². The van der Waals surface area contributed by atoms with Crippen LogP contribution in [0.15, 0.2) is 36.4 Å². The van der Waals surface area contributed by atoms with Crippen LogP contribution in [-0.4, -0.2) is 7.11 Å². The van der Waals surface area contributed by atoms with E-state index < -0.39 is 0 Å². The molecule has 0 heterocycles. The average Bonchev–Trinajstić information content (AvgIpc) is 2.40. The Morgan fingerprint density at radius 1 is 1.17 bits per heavy atom. The first-order valence-electron chi connectivity index (χ1n) is 5.26. The Morgan fingerprint density at radius 2 is 1.94 bits per heavy atom. The third kappa shape index (κ3) is 2.32. The zero-order chi connectivity index (χ0) is 13.1. The van der Waals surface area contributed by atoms with E-state index in [-0.39, 0.29) is 5.82 Å². The van der Waals surface area contributed by atoms with Gasteiger partial charge >= 0.3 is 0 Å². The van der Waals surface area contributed by atoms with E-state index in [0.717, 1.165) is 0 Å². The van der Waals surface area contributed by atoms with Crippen molar-refractivity contribution in [2.75, 3.05) is 7.11 Å². The van der Waals surface area contributed by atoms with Crippen molar-refractivity contribution in [2.24, 2.45) is 0 Å². The number of hydrogen-bond donors (Lipinski definition) is 0. The number of rotatable bonds is 2. The van der Waals surface area contributed by atoms with E-state index in [1.807, 2.05) is 0 Å². The predicted octanol–water partition coefficient (Wildman–Crippen LogP) is 4.14. The molecule has 0 aliphatic rings. The van der Waals surface area contributed by atoms with E-state index in [9.17, 15) is 4.39 Å². The van der Waals surface area contributed by atoms with Crippen molar-refractivity contribution in [3.8, 4) is 29.2 Å². The number of ether oxygens (including phenoxy) is 1. The molecule has 0 atom stereocenters. The third-order valence-electron chi connectivity index (χ3n) is 2.60. The van der Waals surface area contributed by atoms with Crippen LogP contribution in [0.25, 0.3) is 11.1 Å². The summed E-state index contributed by atoms with van der Waals surface area (Å²) in [6.45, 7) is 0. The summed E-state index contributed by atoms with van der Waals surface area (Å²) >= 11 is 6.08. The normalized spacial score (nSPS) is 9.89. The van der Waals surface area contributed by atoms with Crippen LogP contribution >= 0.6 is 11.6 Å². The highest BCUT2D eigenvalue weighted by Gasteiger charge is 2.10. The summed E-state index contributed by atoms with van der Waals surface area (Å²) in [4.78, 5) is 0. The third-order valence-corrected chi connectivity index (χ3v) is 2.93. The molecular weight excluding hydrogens is 251 g/mol. The van der Waals surface area contributed by atoms with Gasteiger partial charge in [0, 0.05) is 21.7 Å². The van der Waals surface area contributed by atoms with Gasteiger partial charge in [0.1, 0.15) is 11.6 Å². The van der Waals surface area contributed by atoms with Crippen molar-refractivity contribution in [1.29, 1.82) is 0 Å². The number of hydrogen-bond acceptors (Lipinski definition) is 1. The van der Waals surface area contributed by atoms with Crippen molar-refractivity contribution in [3.05, 3.63) is 52.8 Å². The molecule has 0 amide bonds. The Bertz CT molecular complexity index is 629. The van der Waals surface area contributed by atoms with Crippen molar-refractivity contribution in [2.45, 2.75) is 0 Å². The topological polar surface area (TPSA) is 9.23 Å². The zero-order valence-corrected chi connectivity index (χ0v) is 10.5. The Morgan fingerprint density at radius 3 is 2.61 bits per heavy atom. The summed E-state index contributed by atoms with van der Waals surface area (Å²) < 4.78 is 18.4. The van der Waals surface area contributed by atoms with Crippen LogP contribution in [0.1, 0.15) is 5.56 Å². The monoisotopic (exact) mass is 260 g/mol. The molecule has 0 aromatic heterocycles. The molecule has 0 spiro atoms. The van der Waals surface area contributed by atoms with Crippen LogP contribution < -0.4 is 4.74 Å². The minimum Gasteiger partial charge on any atom is -0.497 e. The second-order valence-electron chi connectivity index (χ2n) is 3.68. The smallest absolute Gasteiger partial charge is 0.123 e. The summed E-state index contributed by atoms with van der Waals surface area (Å²) in [7, 11) is 1.56. The molecule has 0 bridgehead atoms. The molecule has 1 nitrogen and oxygen atoms in total. The first-order valence-corrected chi connectivity index (χ1v) is 5.63. The van der Waals surface area contributed by atoms with Gasteiger partial charge in [-0.05, 0) is 36.4 Å². The van der Waals surface area contributed by atoms with Crippen LogP contribution in [0, 0.1) is 18.2 Å². The molecule has 0 saturated heterocycles. The minimum absolute atomic E-state index is 0.361. The summed E-state index contributed by atoms with van der Waals surface area (Å²) in [5.41, 5.74) is 1.88. The maximum Gasteiger partial charge on any atom is 0.123 e. The second kappa shape index (κ2) is 5.12. The molecule has 2 aromatic rings. The number of halogens is 2. The molecule has 2 rings (SSSR count). The van der Waals surface area contributed by atoms with E-state index in [0.29, 0.717) is 27.5 Å². The van der Waals surface area contributed by atoms with Gasteiger partial charge in [-0.2, -0.15) is 0 Å². The largest absolute Gasteiger partial charge is 0.497 e. The van der Waals surface area contributed by atoms with E-state index in [1.54, 1.807) is 25.3 Å². The van der Waals surface area contributed by atoms with Gasteiger partial charge < -0.3 is 4.74 Å². The molecule has 2 aromatic carbocycles. The Labute approximate surface area is 110 Å². The second-order valence-corrected chi connectivity index (χ2v) is 4.09.